The minimum Gasteiger partial charge on any atom is -0.357 e. The van der Waals surface area contributed by atoms with E-state index < -0.39 is 0 Å². The van der Waals surface area contributed by atoms with Gasteiger partial charge in [0.2, 0.25) is 0 Å². The number of likely N-dealkylation sites (tertiary alicyclic amines) is 1. The highest BCUT2D eigenvalue weighted by atomic mass is 16.1. The van der Waals surface area contributed by atoms with Crippen LogP contribution in [0.1, 0.15) is 50.0 Å². The summed E-state index contributed by atoms with van der Waals surface area (Å²) in [6.45, 7) is 12.3. The van der Waals surface area contributed by atoms with Gasteiger partial charge in [0.1, 0.15) is 17.3 Å². The maximum atomic E-state index is 10.7. The molecule has 0 unspecified atom stereocenters. The first-order valence-corrected chi connectivity index (χ1v) is 10.2. The highest BCUT2D eigenvalue weighted by molar-refractivity contribution is 5.78. The third kappa shape index (κ3) is 5.06. The molecule has 2 aliphatic rings. The normalized spacial score (nSPS) is 20.0. The van der Waals surface area contributed by atoms with Gasteiger partial charge in [0.25, 0.3) is 0 Å². The number of aliphatic imine (C=N–C) groups is 1. The van der Waals surface area contributed by atoms with Crippen LogP contribution in [0.3, 0.4) is 0 Å². The van der Waals surface area contributed by atoms with Gasteiger partial charge in [-0.2, -0.15) is 0 Å². The number of piperidine rings is 2. The largest absolute Gasteiger partial charge is 0.357 e. The smallest absolute Gasteiger partial charge is 0.170 e. The third-order valence-corrected chi connectivity index (χ3v) is 6.09. The van der Waals surface area contributed by atoms with Gasteiger partial charge in [0.05, 0.1) is 12.4 Å². The zero-order chi connectivity index (χ0) is 19.9. The molecule has 0 spiro atoms. The monoisotopic (exact) mass is 381 g/mol. The lowest BCUT2D eigenvalue weighted by atomic mass is 9.79. The maximum Gasteiger partial charge on any atom is 0.170 e. The molecule has 0 radical (unpaired) electrons. The third-order valence-electron chi connectivity index (χ3n) is 6.09. The molecule has 2 fully saturated rings. The standard InChI is InChI=1S/C22H31N5O/c1-4-17(2)13-23-18(3)26-9-5-19(6-10-26)20-7-11-27(12-8-20)22-15-24-21(16-28)14-25-22/h4,13-16,19-20H,3,5-12H2,1-2H3/b17-4-,23-13-. The zero-order valence-electron chi connectivity index (χ0n) is 17.0. The van der Waals surface area contributed by atoms with E-state index in [-0.39, 0.29) is 0 Å². The minimum atomic E-state index is 0.386. The van der Waals surface area contributed by atoms with Crippen LogP contribution in [0.4, 0.5) is 5.82 Å². The van der Waals surface area contributed by atoms with Crippen LogP contribution in [-0.4, -0.2) is 53.5 Å². The van der Waals surface area contributed by atoms with Crippen molar-refractivity contribution in [1.29, 1.82) is 0 Å². The summed E-state index contributed by atoms with van der Waals surface area (Å²) in [6, 6.07) is 0. The Hall–Kier alpha value is -2.50. The molecule has 3 heterocycles. The molecule has 0 atom stereocenters. The topological polar surface area (TPSA) is 61.7 Å². The van der Waals surface area contributed by atoms with Crippen LogP contribution in [0, 0.1) is 11.8 Å². The van der Waals surface area contributed by atoms with E-state index in [2.05, 4.69) is 44.3 Å². The molecular formula is C22H31N5O. The fourth-order valence-corrected chi connectivity index (χ4v) is 4.12. The van der Waals surface area contributed by atoms with Gasteiger partial charge in [0.15, 0.2) is 6.29 Å². The Kier molecular flexibility index (Phi) is 6.95. The lowest BCUT2D eigenvalue weighted by Crippen LogP contribution is -2.40. The molecule has 1 aromatic rings. The lowest BCUT2D eigenvalue weighted by Gasteiger charge is -2.40. The van der Waals surface area contributed by atoms with E-state index in [0.29, 0.717) is 5.69 Å². The van der Waals surface area contributed by atoms with E-state index in [1.54, 1.807) is 12.4 Å². The van der Waals surface area contributed by atoms with Gasteiger partial charge in [-0.25, -0.2) is 15.0 Å². The SMILES string of the molecule is C=C(/N=C\C(C)=C/C)N1CCC(C2CCN(c3cnc(C=O)cn3)CC2)CC1. The number of rotatable bonds is 6. The fourth-order valence-electron chi connectivity index (χ4n) is 4.12. The van der Waals surface area contributed by atoms with E-state index >= 15 is 0 Å². The summed E-state index contributed by atoms with van der Waals surface area (Å²) in [5.74, 6) is 3.33. The van der Waals surface area contributed by atoms with E-state index in [1.807, 2.05) is 13.1 Å². The first-order chi connectivity index (χ1) is 13.6. The van der Waals surface area contributed by atoms with Crippen molar-refractivity contribution >= 4 is 18.3 Å². The van der Waals surface area contributed by atoms with Gasteiger partial charge < -0.3 is 9.80 Å². The Balaban J connectivity index is 1.45. The highest BCUT2D eigenvalue weighted by Gasteiger charge is 2.30. The van der Waals surface area contributed by atoms with Crippen LogP contribution < -0.4 is 4.90 Å². The molecule has 0 aromatic carbocycles. The van der Waals surface area contributed by atoms with Crippen molar-refractivity contribution in [2.24, 2.45) is 16.8 Å². The first kappa shape index (κ1) is 20.2. The molecule has 150 valence electrons. The molecular weight excluding hydrogens is 350 g/mol. The van der Waals surface area contributed by atoms with Gasteiger partial charge in [-0.3, -0.25) is 4.79 Å². The van der Waals surface area contributed by atoms with Crippen molar-refractivity contribution in [2.45, 2.75) is 39.5 Å². The zero-order valence-corrected chi connectivity index (χ0v) is 17.0. The average molecular weight is 382 g/mol. The molecule has 0 amide bonds. The molecule has 0 N–H and O–H groups in total. The van der Waals surface area contributed by atoms with Crippen molar-refractivity contribution in [3.8, 4) is 0 Å². The van der Waals surface area contributed by atoms with Gasteiger partial charge in [0, 0.05) is 32.4 Å². The Labute approximate surface area is 168 Å². The number of nitrogens with zero attached hydrogens (tertiary/aromatic N) is 5. The molecule has 2 saturated heterocycles. The number of carbonyl (C=O) groups is 1. The molecule has 28 heavy (non-hydrogen) atoms. The Morgan fingerprint density at radius 2 is 1.75 bits per heavy atom. The summed E-state index contributed by atoms with van der Waals surface area (Å²) in [6.07, 6.45) is 12.8. The second-order valence-corrected chi connectivity index (χ2v) is 7.77. The molecule has 3 rings (SSSR count). The fraction of sp³-hybridized carbons (Fsp3) is 0.545. The van der Waals surface area contributed by atoms with E-state index in [1.165, 1.54) is 25.7 Å². The first-order valence-electron chi connectivity index (χ1n) is 10.2. The van der Waals surface area contributed by atoms with Crippen molar-refractivity contribution < 1.29 is 4.79 Å². The van der Waals surface area contributed by atoms with Crippen molar-refractivity contribution in [3.63, 3.8) is 0 Å². The molecule has 0 aliphatic carbocycles. The summed E-state index contributed by atoms with van der Waals surface area (Å²) in [4.78, 5) is 28.3. The van der Waals surface area contributed by atoms with Gasteiger partial charge in [-0.15, -0.1) is 0 Å². The van der Waals surface area contributed by atoms with E-state index in [9.17, 15) is 4.79 Å². The number of anilines is 1. The van der Waals surface area contributed by atoms with Crippen LogP contribution >= 0.6 is 0 Å². The summed E-state index contributed by atoms with van der Waals surface area (Å²) in [5, 5.41) is 0. The number of aromatic nitrogens is 2. The molecule has 0 saturated carbocycles. The summed E-state index contributed by atoms with van der Waals surface area (Å²) in [5.41, 5.74) is 1.55. The Bertz CT molecular complexity index is 724. The minimum absolute atomic E-state index is 0.386. The number of allylic oxidation sites excluding steroid dienone is 2. The highest BCUT2D eigenvalue weighted by Crippen LogP contribution is 2.34. The van der Waals surface area contributed by atoms with Crippen LogP contribution in [-0.2, 0) is 0 Å². The van der Waals surface area contributed by atoms with Crippen LogP contribution in [0.25, 0.3) is 0 Å². The molecule has 6 nitrogen and oxygen atoms in total. The number of hydrogen-bond acceptors (Lipinski definition) is 6. The Morgan fingerprint density at radius 3 is 2.29 bits per heavy atom. The lowest BCUT2D eigenvalue weighted by molar-refractivity contribution is 0.111. The van der Waals surface area contributed by atoms with Gasteiger partial charge >= 0.3 is 0 Å². The van der Waals surface area contributed by atoms with Gasteiger partial charge in [-0.1, -0.05) is 12.7 Å². The molecule has 2 aliphatic heterocycles. The second-order valence-electron chi connectivity index (χ2n) is 7.77. The molecule has 0 bridgehead atoms. The number of carbonyl (C=O) groups excluding carboxylic acids is 1. The van der Waals surface area contributed by atoms with Crippen molar-refractivity contribution in [3.05, 3.63) is 42.1 Å². The predicted octanol–water partition coefficient (Wildman–Crippen LogP) is 3.73. The summed E-state index contributed by atoms with van der Waals surface area (Å²) in [7, 11) is 0. The van der Waals surface area contributed by atoms with Crippen molar-refractivity contribution in [2.75, 3.05) is 31.1 Å². The van der Waals surface area contributed by atoms with E-state index in [0.717, 1.165) is 61.5 Å². The summed E-state index contributed by atoms with van der Waals surface area (Å²) < 4.78 is 0. The van der Waals surface area contributed by atoms with Gasteiger partial charge in [-0.05, 0) is 56.9 Å². The van der Waals surface area contributed by atoms with E-state index in [4.69, 9.17) is 0 Å². The number of hydrogen-bond donors (Lipinski definition) is 0. The van der Waals surface area contributed by atoms with Crippen LogP contribution in [0.15, 0.2) is 41.4 Å². The summed E-state index contributed by atoms with van der Waals surface area (Å²) >= 11 is 0. The maximum absolute atomic E-state index is 10.7. The number of aldehydes is 1. The molecule has 1 aromatic heterocycles. The van der Waals surface area contributed by atoms with Crippen LogP contribution in [0.2, 0.25) is 0 Å². The van der Waals surface area contributed by atoms with Crippen molar-refractivity contribution in [1.82, 2.24) is 14.9 Å². The average Bonchev–Trinajstić information content (AvgIpc) is 2.77. The Morgan fingerprint density at radius 1 is 1.11 bits per heavy atom. The van der Waals surface area contributed by atoms with Crippen LogP contribution in [0.5, 0.6) is 0 Å². The second kappa shape index (κ2) is 9.62. The quantitative estimate of drug-likeness (QED) is 0.555. The predicted molar refractivity (Wildman–Crippen MR) is 114 cm³/mol. The molecule has 6 heteroatoms.